The lowest BCUT2D eigenvalue weighted by Crippen LogP contribution is -2.47. The van der Waals surface area contributed by atoms with Gasteiger partial charge in [-0.2, -0.15) is 0 Å². The summed E-state index contributed by atoms with van der Waals surface area (Å²) in [5.74, 6) is 0.798. The summed E-state index contributed by atoms with van der Waals surface area (Å²) in [6.45, 7) is 0.251. The Morgan fingerprint density at radius 1 is 1.14 bits per heavy atom. The second-order valence-corrected chi connectivity index (χ2v) is 8.45. The molecule has 21 heavy (non-hydrogen) atoms. The molecular weight excluding hydrogens is 286 g/mol. The molecule has 0 amide bonds. The fourth-order valence-corrected chi connectivity index (χ4v) is 6.01. The highest BCUT2D eigenvalue weighted by molar-refractivity contribution is 7.92. The monoisotopic (exact) mass is 309 g/mol. The van der Waals surface area contributed by atoms with Crippen LogP contribution in [-0.4, -0.2) is 32.6 Å². The summed E-state index contributed by atoms with van der Waals surface area (Å²) in [5, 5.41) is 2.52. The van der Waals surface area contributed by atoms with E-state index >= 15 is 0 Å². The molecule has 5 heteroatoms. The first-order valence-corrected chi connectivity index (χ1v) is 9.37. The number of hydrogen-bond donors (Lipinski definition) is 1. The van der Waals surface area contributed by atoms with Gasteiger partial charge < -0.3 is 10.1 Å². The molecule has 0 spiro atoms. The van der Waals surface area contributed by atoms with Gasteiger partial charge in [0.1, 0.15) is 17.6 Å². The van der Waals surface area contributed by atoms with Crippen LogP contribution >= 0.6 is 0 Å². The average molecular weight is 309 g/mol. The Kier molecular flexibility index (Phi) is 4.22. The molecule has 1 heterocycles. The highest BCUT2D eigenvalue weighted by Crippen LogP contribution is 2.37. The first kappa shape index (κ1) is 14.9. The zero-order chi connectivity index (χ0) is 14.9. The summed E-state index contributed by atoms with van der Waals surface area (Å²) < 4.78 is 31.7. The Balaban J connectivity index is 1.91. The predicted molar refractivity (Wildman–Crippen MR) is 83.3 cm³/mol. The van der Waals surface area contributed by atoms with Gasteiger partial charge in [0.25, 0.3) is 0 Å². The summed E-state index contributed by atoms with van der Waals surface area (Å²) in [6.07, 6.45) is 4.82. The van der Waals surface area contributed by atoms with Crippen molar-refractivity contribution in [2.75, 3.05) is 13.7 Å². The smallest absolute Gasteiger partial charge is 0.161 e. The van der Waals surface area contributed by atoms with Crippen molar-refractivity contribution in [3.63, 3.8) is 0 Å². The average Bonchev–Trinajstić information content (AvgIpc) is 2.54. The molecule has 1 N–H and O–H groups in total. The minimum atomic E-state index is -3.18. The maximum atomic E-state index is 13.0. The van der Waals surface area contributed by atoms with E-state index in [1.54, 1.807) is 0 Å². The van der Waals surface area contributed by atoms with E-state index in [-0.39, 0.29) is 17.9 Å². The quantitative estimate of drug-likeness (QED) is 0.932. The maximum absolute atomic E-state index is 13.0. The third kappa shape index (κ3) is 2.69. The Bertz CT molecular complexity index is 593. The first-order valence-electron chi connectivity index (χ1n) is 7.76. The molecule has 1 aliphatic carbocycles. The molecule has 2 aliphatic rings. The minimum absolute atomic E-state index is 0.179. The Morgan fingerprint density at radius 2 is 1.86 bits per heavy atom. The fourth-order valence-electron chi connectivity index (χ4n) is 3.60. The minimum Gasteiger partial charge on any atom is -0.492 e. The van der Waals surface area contributed by atoms with Gasteiger partial charge in [0.05, 0.1) is 11.3 Å². The molecular formula is C16H23NO3S. The second-order valence-electron chi connectivity index (χ2n) is 6.00. The zero-order valence-corrected chi connectivity index (χ0v) is 13.2. The summed E-state index contributed by atoms with van der Waals surface area (Å²) in [7, 11) is -1.35. The number of ether oxygens (including phenoxy) is 1. The lowest BCUT2D eigenvalue weighted by molar-refractivity contribution is 0.257. The van der Waals surface area contributed by atoms with Crippen LogP contribution < -0.4 is 10.1 Å². The highest BCUT2D eigenvalue weighted by Gasteiger charge is 2.43. The van der Waals surface area contributed by atoms with E-state index in [9.17, 15) is 8.42 Å². The number of hydrogen-bond acceptors (Lipinski definition) is 4. The molecule has 1 saturated carbocycles. The number of nitrogens with one attached hydrogen (secondary N) is 1. The van der Waals surface area contributed by atoms with Crippen LogP contribution in [0.4, 0.5) is 0 Å². The van der Waals surface area contributed by atoms with E-state index in [0.29, 0.717) is 0 Å². The van der Waals surface area contributed by atoms with Crippen LogP contribution in [0.5, 0.6) is 5.75 Å². The molecule has 1 aromatic carbocycles. The molecule has 4 nitrogen and oxygen atoms in total. The Labute approximate surface area is 126 Å². The van der Waals surface area contributed by atoms with Crippen molar-refractivity contribution < 1.29 is 13.2 Å². The van der Waals surface area contributed by atoms with Crippen LogP contribution in [0.1, 0.15) is 43.7 Å². The van der Waals surface area contributed by atoms with Crippen molar-refractivity contribution >= 4 is 9.84 Å². The topological polar surface area (TPSA) is 55.4 Å². The maximum Gasteiger partial charge on any atom is 0.161 e. The van der Waals surface area contributed by atoms with Crippen molar-refractivity contribution in [2.45, 2.75) is 48.6 Å². The second kappa shape index (κ2) is 5.97. The van der Waals surface area contributed by atoms with Gasteiger partial charge in [-0.05, 0) is 26.0 Å². The summed E-state index contributed by atoms with van der Waals surface area (Å²) in [4.78, 5) is 0. The molecule has 2 atom stereocenters. The van der Waals surface area contributed by atoms with Crippen LogP contribution in [0.3, 0.4) is 0 Å². The molecule has 0 bridgehead atoms. The number of sulfone groups is 1. The van der Waals surface area contributed by atoms with E-state index in [4.69, 9.17) is 4.74 Å². The van der Waals surface area contributed by atoms with E-state index in [2.05, 4.69) is 5.32 Å². The van der Waals surface area contributed by atoms with Crippen LogP contribution in [0.25, 0.3) is 0 Å². The van der Waals surface area contributed by atoms with Crippen LogP contribution in [0, 0.1) is 0 Å². The van der Waals surface area contributed by atoms with Gasteiger partial charge in [0.15, 0.2) is 9.84 Å². The van der Waals surface area contributed by atoms with E-state index < -0.39 is 15.1 Å². The van der Waals surface area contributed by atoms with Crippen molar-refractivity contribution in [1.29, 1.82) is 0 Å². The molecule has 1 aromatic rings. The molecule has 1 fully saturated rings. The predicted octanol–water partition coefficient (Wildman–Crippen LogP) is 2.46. The highest BCUT2D eigenvalue weighted by atomic mass is 32.2. The molecule has 116 valence electrons. The zero-order valence-electron chi connectivity index (χ0n) is 12.4. The number of benzene rings is 1. The third-order valence-corrected chi connectivity index (χ3v) is 7.43. The van der Waals surface area contributed by atoms with Crippen molar-refractivity contribution in [2.24, 2.45) is 0 Å². The third-order valence-electron chi connectivity index (χ3n) is 4.78. The van der Waals surface area contributed by atoms with Crippen LogP contribution in [0.15, 0.2) is 24.3 Å². The van der Waals surface area contributed by atoms with Crippen molar-refractivity contribution in [1.82, 2.24) is 5.32 Å². The van der Waals surface area contributed by atoms with Gasteiger partial charge in [-0.1, -0.05) is 37.5 Å². The van der Waals surface area contributed by atoms with Gasteiger partial charge in [0.2, 0.25) is 0 Å². The first-order chi connectivity index (χ1) is 10.1. The van der Waals surface area contributed by atoms with E-state index in [0.717, 1.165) is 43.4 Å². The van der Waals surface area contributed by atoms with Gasteiger partial charge in [-0.3, -0.25) is 0 Å². The number of rotatable bonds is 3. The fraction of sp³-hybridized carbons (Fsp3) is 0.625. The van der Waals surface area contributed by atoms with Crippen molar-refractivity contribution in [3.8, 4) is 5.75 Å². The van der Waals surface area contributed by atoms with Gasteiger partial charge in [-0.25, -0.2) is 8.42 Å². The van der Waals surface area contributed by atoms with Crippen molar-refractivity contribution in [3.05, 3.63) is 29.8 Å². The molecule has 2 unspecified atom stereocenters. The molecule has 3 rings (SSSR count). The van der Waals surface area contributed by atoms with E-state index in [1.165, 1.54) is 0 Å². The van der Waals surface area contributed by atoms with E-state index in [1.807, 2.05) is 31.3 Å². The largest absolute Gasteiger partial charge is 0.492 e. The summed E-state index contributed by atoms with van der Waals surface area (Å²) in [6, 6.07) is 7.54. The molecule has 0 radical (unpaired) electrons. The normalized spacial score (nSPS) is 26.9. The van der Waals surface area contributed by atoms with Gasteiger partial charge >= 0.3 is 0 Å². The Morgan fingerprint density at radius 3 is 2.57 bits per heavy atom. The van der Waals surface area contributed by atoms with Gasteiger partial charge in [0, 0.05) is 5.56 Å². The lowest BCUT2D eigenvalue weighted by Gasteiger charge is -2.36. The van der Waals surface area contributed by atoms with Crippen LogP contribution in [0.2, 0.25) is 0 Å². The lowest BCUT2D eigenvalue weighted by atomic mass is 10.00. The standard InChI is InChI=1S/C16H23NO3S/c1-17-16-13-9-5-6-10-14(13)20-11-15(16)21(18,19)12-7-3-2-4-8-12/h5-6,9-10,12,15-17H,2-4,7-8,11H2,1H3. The molecule has 0 aromatic heterocycles. The molecule has 0 saturated heterocycles. The SMILES string of the molecule is CNC1c2ccccc2OCC1S(=O)(=O)C1CCCCC1. The number of para-hydroxylation sites is 1. The summed E-state index contributed by atoms with van der Waals surface area (Å²) in [5.41, 5.74) is 0.954. The Hall–Kier alpha value is -1.07. The van der Waals surface area contributed by atoms with Gasteiger partial charge in [-0.15, -0.1) is 0 Å². The summed E-state index contributed by atoms with van der Waals surface area (Å²) >= 11 is 0. The van der Waals surface area contributed by atoms with Crippen LogP contribution in [-0.2, 0) is 9.84 Å². The number of fused-ring (bicyclic) bond motifs is 1. The molecule has 1 aliphatic heterocycles.